The van der Waals surface area contributed by atoms with Crippen LogP contribution in [0.15, 0.2) is 18.4 Å². The molecule has 72 valence electrons. The molecule has 0 bridgehead atoms. The van der Waals surface area contributed by atoms with Crippen LogP contribution < -0.4 is 5.73 Å². The average molecular weight is 185 g/mol. The maximum atomic E-state index is 10.6. The number of carboxylic acid groups (broad SMARTS) is 2. The van der Waals surface area contributed by atoms with E-state index in [4.69, 9.17) is 15.9 Å². The fraction of sp³-hybridized carbons (Fsp3) is 0.375. The Morgan fingerprint density at radius 2 is 2.08 bits per heavy atom. The van der Waals surface area contributed by atoms with Gasteiger partial charge in [0.15, 0.2) is 0 Å². The Kier molecular flexibility index (Phi) is 3.91. The van der Waals surface area contributed by atoms with Gasteiger partial charge in [-0.25, -0.2) is 4.79 Å². The Balaban J connectivity index is 4.51. The van der Waals surface area contributed by atoms with Gasteiger partial charge in [0.1, 0.15) is 5.54 Å². The molecule has 0 saturated heterocycles. The van der Waals surface area contributed by atoms with E-state index >= 15 is 0 Å². The van der Waals surface area contributed by atoms with Crippen LogP contribution in [0.5, 0.6) is 0 Å². The standard InChI is InChI=1S/C8H11NO4/c1-2-4-8(9,7(12)13)5-3-6(10)11/h4H,1,3,5,9H2,(H,10,11)(H,12,13). The highest BCUT2D eigenvalue weighted by Gasteiger charge is 2.31. The molecule has 0 aromatic heterocycles. The first-order valence-corrected chi connectivity index (χ1v) is 3.53. The maximum Gasteiger partial charge on any atom is 0.328 e. The van der Waals surface area contributed by atoms with Gasteiger partial charge in [-0.3, -0.25) is 4.79 Å². The van der Waals surface area contributed by atoms with Gasteiger partial charge in [0.2, 0.25) is 0 Å². The van der Waals surface area contributed by atoms with E-state index < -0.39 is 17.5 Å². The summed E-state index contributed by atoms with van der Waals surface area (Å²) in [4.78, 5) is 20.8. The van der Waals surface area contributed by atoms with Crippen molar-refractivity contribution in [1.82, 2.24) is 0 Å². The van der Waals surface area contributed by atoms with Gasteiger partial charge in [0.25, 0.3) is 0 Å². The Labute approximate surface area is 75.2 Å². The summed E-state index contributed by atoms with van der Waals surface area (Å²) >= 11 is 0. The van der Waals surface area contributed by atoms with Crippen LogP contribution in [0.25, 0.3) is 0 Å². The Bertz CT molecular complexity index is 263. The minimum atomic E-state index is -1.68. The fourth-order valence-corrected chi connectivity index (χ4v) is 0.737. The summed E-state index contributed by atoms with van der Waals surface area (Å²) in [6, 6.07) is 0. The summed E-state index contributed by atoms with van der Waals surface area (Å²) in [5.41, 5.74) is 5.94. The molecular weight excluding hydrogens is 174 g/mol. The minimum absolute atomic E-state index is 0.180. The van der Waals surface area contributed by atoms with E-state index in [1.54, 1.807) is 0 Å². The SMILES string of the molecule is C=C=CC(N)(CCC(=O)O)C(=O)O. The van der Waals surface area contributed by atoms with Crippen molar-refractivity contribution in [2.24, 2.45) is 5.73 Å². The third kappa shape index (κ3) is 3.55. The van der Waals surface area contributed by atoms with Crippen LogP contribution in [0.2, 0.25) is 0 Å². The molecule has 0 aromatic carbocycles. The summed E-state index contributed by atoms with van der Waals surface area (Å²) in [5, 5.41) is 17.0. The molecule has 5 heteroatoms. The zero-order valence-corrected chi connectivity index (χ0v) is 6.99. The quantitative estimate of drug-likeness (QED) is 0.522. The number of carboxylic acids is 2. The zero-order chi connectivity index (χ0) is 10.5. The first-order valence-electron chi connectivity index (χ1n) is 3.53. The highest BCUT2D eigenvalue weighted by Crippen LogP contribution is 2.11. The second-order valence-corrected chi connectivity index (χ2v) is 2.59. The molecule has 0 fully saturated rings. The maximum absolute atomic E-state index is 10.6. The van der Waals surface area contributed by atoms with Crippen LogP contribution in [-0.2, 0) is 9.59 Å². The topological polar surface area (TPSA) is 101 Å². The fourth-order valence-electron chi connectivity index (χ4n) is 0.737. The van der Waals surface area contributed by atoms with E-state index in [0.717, 1.165) is 6.08 Å². The smallest absolute Gasteiger partial charge is 0.328 e. The van der Waals surface area contributed by atoms with Crippen molar-refractivity contribution in [3.63, 3.8) is 0 Å². The highest BCUT2D eigenvalue weighted by atomic mass is 16.4. The molecule has 1 atom stereocenters. The minimum Gasteiger partial charge on any atom is -0.481 e. The molecule has 0 aromatic rings. The molecule has 0 radical (unpaired) electrons. The number of rotatable bonds is 5. The monoisotopic (exact) mass is 185 g/mol. The zero-order valence-electron chi connectivity index (χ0n) is 6.99. The predicted molar refractivity (Wildman–Crippen MR) is 45.1 cm³/mol. The molecular formula is C8H11NO4. The normalized spacial score (nSPS) is 13.9. The number of hydrogen-bond acceptors (Lipinski definition) is 3. The van der Waals surface area contributed by atoms with Crippen molar-refractivity contribution in [2.75, 3.05) is 0 Å². The lowest BCUT2D eigenvalue weighted by Crippen LogP contribution is -2.46. The second-order valence-electron chi connectivity index (χ2n) is 2.59. The van der Waals surface area contributed by atoms with Gasteiger partial charge in [-0.1, -0.05) is 6.58 Å². The van der Waals surface area contributed by atoms with E-state index in [-0.39, 0.29) is 12.8 Å². The van der Waals surface area contributed by atoms with Gasteiger partial charge in [0.05, 0.1) is 0 Å². The highest BCUT2D eigenvalue weighted by molar-refractivity contribution is 5.82. The van der Waals surface area contributed by atoms with Crippen molar-refractivity contribution in [3.8, 4) is 0 Å². The molecule has 0 saturated carbocycles. The number of carbonyl (C=O) groups is 2. The van der Waals surface area contributed by atoms with E-state index in [1.807, 2.05) is 0 Å². The van der Waals surface area contributed by atoms with Crippen molar-refractivity contribution < 1.29 is 19.8 Å². The molecule has 0 aliphatic rings. The Hall–Kier alpha value is -1.58. The molecule has 1 unspecified atom stereocenters. The van der Waals surface area contributed by atoms with E-state index in [9.17, 15) is 9.59 Å². The number of aliphatic carboxylic acids is 2. The molecule has 0 aliphatic carbocycles. The molecule has 5 nitrogen and oxygen atoms in total. The Morgan fingerprint density at radius 1 is 1.54 bits per heavy atom. The van der Waals surface area contributed by atoms with E-state index in [1.165, 1.54) is 0 Å². The second kappa shape index (κ2) is 4.45. The van der Waals surface area contributed by atoms with Gasteiger partial charge in [-0.2, -0.15) is 0 Å². The molecule has 0 spiro atoms. The molecule has 0 amide bonds. The summed E-state index contributed by atoms with van der Waals surface area (Å²) < 4.78 is 0. The molecule has 0 heterocycles. The lowest BCUT2D eigenvalue weighted by atomic mass is 9.95. The van der Waals surface area contributed by atoms with Gasteiger partial charge < -0.3 is 15.9 Å². The number of nitrogens with two attached hydrogens (primary N) is 1. The van der Waals surface area contributed by atoms with Crippen molar-refractivity contribution in [3.05, 3.63) is 18.4 Å². The third-order valence-corrected chi connectivity index (χ3v) is 1.51. The average Bonchev–Trinajstić information content (AvgIpc) is 2.01. The summed E-state index contributed by atoms with van der Waals surface area (Å²) in [7, 11) is 0. The predicted octanol–water partition coefficient (Wildman–Crippen LogP) is -0.0256. The lowest BCUT2D eigenvalue weighted by Gasteiger charge is -2.17. The summed E-state index contributed by atoms with van der Waals surface area (Å²) in [6.07, 6.45) is 0.569. The van der Waals surface area contributed by atoms with Gasteiger partial charge in [-0.15, -0.1) is 5.73 Å². The van der Waals surface area contributed by atoms with E-state index in [0.29, 0.717) is 0 Å². The van der Waals surface area contributed by atoms with Crippen LogP contribution in [0.4, 0.5) is 0 Å². The van der Waals surface area contributed by atoms with Gasteiger partial charge in [0, 0.05) is 6.42 Å². The third-order valence-electron chi connectivity index (χ3n) is 1.51. The molecule has 0 aliphatic heterocycles. The van der Waals surface area contributed by atoms with Crippen LogP contribution in [0, 0.1) is 0 Å². The van der Waals surface area contributed by atoms with Gasteiger partial charge >= 0.3 is 11.9 Å². The van der Waals surface area contributed by atoms with Crippen molar-refractivity contribution >= 4 is 11.9 Å². The van der Waals surface area contributed by atoms with Crippen LogP contribution in [0.1, 0.15) is 12.8 Å². The van der Waals surface area contributed by atoms with Crippen LogP contribution in [-0.4, -0.2) is 27.7 Å². The van der Waals surface area contributed by atoms with Gasteiger partial charge in [-0.05, 0) is 12.5 Å². The number of hydrogen-bond donors (Lipinski definition) is 3. The summed E-state index contributed by atoms with van der Waals surface area (Å²) in [6.45, 7) is 3.18. The first-order chi connectivity index (χ1) is 5.92. The summed E-state index contributed by atoms with van der Waals surface area (Å²) in [5.74, 6) is -2.38. The van der Waals surface area contributed by atoms with Crippen molar-refractivity contribution in [2.45, 2.75) is 18.4 Å². The van der Waals surface area contributed by atoms with E-state index in [2.05, 4.69) is 12.3 Å². The van der Waals surface area contributed by atoms with Crippen LogP contribution in [0.3, 0.4) is 0 Å². The largest absolute Gasteiger partial charge is 0.481 e. The Morgan fingerprint density at radius 3 is 2.38 bits per heavy atom. The van der Waals surface area contributed by atoms with Crippen molar-refractivity contribution in [1.29, 1.82) is 0 Å². The molecule has 4 N–H and O–H groups in total. The van der Waals surface area contributed by atoms with Crippen LogP contribution >= 0.6 is 0 Å². The molecule has 13 heavy (non-hydrogen) atoms. The lowest BCUT2D eigenvalue weighted by molar-refractivity contribution is -0.142. The first kappa shape index (κ1) is 11.4. The molecule has 0 rings (SSSR count).